The van der Waals surface area contributed by atoms with Crippen molar-refractivity contribution in [1.82, 2.24) is 5.32 Å². The standard InChI is InChI=1S/C18H35NOS/c1-6-9-19-16(12-14-7-10-21-11-8-14)15-13-17(2,3)20-18(15,4)5/h14-16,19H,6-13H2,1-5H3. The maximum Gasteiger partial charge on any atom is 0.0677 e. The van der Waals surface area contributed by atoms with Gasteiger partial charge in [0.1, 0.15) is 0 Å². The molecule has 0 amide bonds. The molecular formula is C18H35NOS. The molecule has 0 spiro atoms. The molecule has 2 fully saturated rings. The molecule has 0 aromatic carbocycles. The quantitative estimate of drug-likeness (QED) is 0.781. The highest BCUT2D eigenvalue weighted by Crippen LogP contribution is 2.45. The Bertz CT molecular complexity index is 323. The predicted molar refractivity (Wildman–Crippen MR) is 94.1 cm³/mol. The van der Waals surface area contributed by atoms with Gasteiger partial charge in [0.2, 0.25) is 0 Å². The molecule has 2 aliphatic rings. The zero-order valence-electron chi connectivity index (χ0n) is 14.7. The fraction of sp³-hybridized carbons (Fsp3) is 1.00. The highest BCUT2D eigenvalue weighted by atomic mass is 32.2. The van der Waals surface area contributed by atoms with Crippen LogP contribution in [0.5, 0.6) is 0 Å². The van der Waals surface area contributed by atoms with Crippen LogP contribution in [0.15, 0.2) is 0 Å². The van der Waals surface area contributed by atoms with Crippen molar-refractivity contribution in [3.05, 3.63) is 0 Å². The van der Waals surface area contributed by atoms with Crippen molar-refractivity contribution < 1.29 is 4.74 Å². The second-order valence-electron chi connectivity index (χ2n) is 8.13. The van der Waals surface area contributed by atoms with Gasteiger partial charge < -0.3 is 10.1 Å². The summed E-state index contributed by atoms with van der Waals surface area (Å²) in [7, 11) is 0. The number of ether oxygens (including phenoxy) is 1. The van der Waals surface area contributed by atoms with E-state index in [2.05, 4.69) is 51.7 Å². The van der Waals surface area contributed by atoms with Gasteiger partial charge in [0.15, 0.2) is 0 Å². The van der Waals surface area contributed by atoms with Gasteiger partial charge in [-0.05, 0) is 83.8 Å². The third kappa shape index (κ3) is 4.87. The first-order chi connectivity index (χ1) is 9.84. The topological polar surface area (TPSA) is 21.3 Å². The first-order valence-corrected chi connectivity index (χ1v) is 10.0. The zero-order chi connectivity index (χ0) is 15.5. The number of nitrogens with one attached hydrogen (secondary N) is 1. The van der Waals surface area contributed by atoms with E-state index in [0.29, 0.717) is 12.0 Å². The smallest absolute Gasteiger partial charge is 0.0677 e. The molecule has 3 heteroatoms. The molecule has 2 heterocycles. The lowest BCUT2D eigenvalue weighted by atomic mass is 9.77. The Morgan fingerprint density at radius 2 is 1.86 bits per heavy atom. The third-order valence-electron chi connectivity index (χ3n) is 5.21. The minimum Gasteiger partial charge on any atom is -0.369 e. The van der Waals surface area contributed by atoms with Crippen LogP contribution in [0.3, 0.4) is 0 Å². The maximum absolute atomic E-state index is 6.35. The van der Waals surface area contributed by atoms with Gasteiger partial charge >= 0.3 is 0 Å². The Morgan fingerprint density at radius 3 is 2.38 bits per heavy atom. The van der Waals surface area contributed by atoms with Crippen molar-refractivity contribution in [2.24, 2.45) is 11.8 Å². The highest BCUT2D eigenvalue weighted by molar-refractivity contribution is 7.99. The Kier molecular flexibility index (Phi) is 6.07. The average molecular weight is 314 g/mol. The molecule has 2 aliphatic heterocycles. The second kappa shape index (κ2) is 7.23. The molecular weight excluding hydrogens is 278 g/mol. The number of hydrogen-bond donors (Lipinski definition) is 1. The minimum absolute atomic E-state index is 0.00166. The fourth-order valence-electron chi connectivity index (χ4n) is 4.29. The van der Waals surface area contributed by atoms with Gasteiger partial charge in [-0.1, -0.05) is 6.92 Å². The maximum atomic E-state index is 6.35. The molecule has 0 aromatic rings. The van der Waals surface area contributed by atoms with E-state index in [1.807, 2.05) is 0 Å². The lowest BCUT2D eigenvalue weighted by Gasteiger charge is -2.36. The lowest BCUT2D eigenvalue weighted by molar-refractivity contribution is -0.0783. The van der Waals surface area contributed by atoms with Crippen LogP contribution in [0.4, 0.5) is 0 Å². The molecule has 1 N–H and O–H groups in total. The van der Waals surface area contributed by atoms with E-state index in [1.54, 1.807) is 0 Å². The Balaban J connectivity index is 2.03. The summed E-state index contributed by atoms with van der Waals surface area (Å²) in [6.45, 7) is 12.5. The fourth-order valence-corrected chi connectivity index (χ4v) is 5.50. The molecule has 21 heavy (non-hydrogen) atoms. The minimum atomic E-state index is -0.00166. The van der Waals surface area contributed by atoms with Gasteiger partial charge in [0.25, 0.3) is 0 Å². The third-order valence-corrected chi connectivity index (χ3v) is 6.26. The van der Waals surface area contributed by atoms with E-state index in [1.165, 1.54) is 43.6 Å². The van der Waals surface area contributed by atoms with Crippen LogP contribution in [0.1, 0.15) is 66.7 Å². The van der Waals surface area contributed by atoms with E-state index in [4.69, 9.17) is 4.74 Å². The van der Waals surface area contributed by atoms with Crippen molar-refractivity contribution in [3.8, 4) is 0 Å². The largest absolute Gasteiger partial charge is 0.369 e. The van der Waals surface area contributed by atoms with Gasteiger partial charge in [-0.3, -0.25) is 0 Å². The van der Waals surface area contributed by atoms with Gasteiger partial charge in [-0.15, -0.1) is 0 Å². The number of rotatable bonds is 6. The van der Waals surface area contributed by atoms with Gasteiger partial charge in [-0.2, -0.15) is 11.8 Å². The van der Waals surface area contributed by atoms with Crippen molar-refractivity contribution in [3.63, 3.8) is 0 Å². The van der Waals surface area contributed by atoms with Crippen molar-refractivity contribution in [1.29, 1.82) is 0 Å². The highest BCUT2D eigenvalue weighted by Gasteiger charge is 2.49. The van der Waals surface area contributed by atoms with Crippen molar-refractivity contribution >= 4 is 11.8 Å². The SMILES string of the molecule is CCCNC(CC1CCSCC1)C1CC(C)(C)OC1(C)C. The summed E-state index contributed by atoms with van der Waals surface area (Å²) in [5, 5.41) is 3.87. The molecule has 0 radical (unpaired) electrons. The van der Waals surface area contributed by atoms with Gasteiger partial charge in [0.05, 0.1) is 11.2 Å². The number of hydrogen-bond acceptors (Lipinski definition) is 3. The summed E-state index contributed by atoms with van der Waals surface area (Å²) in [6.07, 6.45) is 6.56. The summed E-state index contributed by atoms with van der Waals surface area (Å²) in [4.78, 5) is 0. The molecule has 2 saturated heterocycles. The van der Waals surface area contributed by atoms with E-state index in [0.717, 1.165) is 12.5 Å². The normalized spacial score (nSPS) is 30.4. The van der Waals surface area contributed by atoms with E-state index < -0.39 is 0 Å². The molecule has 2 unspecified atom stereocenters. The van der Waals surface area contributed by atoms with E-state index in [-0.39, 0.29) is 11.2 Å². The lowest BCUT2D eigenvalue weighted by Crippen LogP contribution is -2.45. The summed E-state index contributed by atoms with van der Waals surface area (Å²) >= 11 is 2.13. The van der Waals surface area contributed by atoms with Gasteiger partial charge in [0, 0.05) is 12.0 Å². The van der Waals surface area contributed by atoms with Crippen LogP contribution in [-0.2, 0) is 4.74 Å². The molecule has 2 atom stereocenters. The molecule has 0 bridgehead atoms. The number of thioether (sulfide) groups is 1. The van der Waals surface area contributed by atoms with Crippen LogP contribution in [-0.4, -0.2) is 35.3 Å². The van der Waals surface area contributed by atoms with Crippen molar-refractivity contribution in [2.75, 3.05) is 18.1 Å². The Morgan fingerprint density at radius 1 is 1.19 bits per heavy atom. The van der Waals surface area contributed by atoms with Crippen LogP contribution >= 0.6 is 11.8 Å². The molecule has 2 rings (SSSR count). The summed E-state index contributed by atoms with van der Waals surface area (Å²) in [5.74, 6) is 4.27. The predicted octanol–water partition coefficient (Wildman–Crippen LogP) is 4.48. The molecule has 0 aromatic heterocycles. The van der Waals surface area contributed by atoms with E-state index in [9.17, 15) is 0 Å². The van der Waals surface area contributed by atoms with Crippen molar-refractivity contribution in [2.45, 2.75) is 84.0 Å². The molecule has 124 valence electrons. The van der Waals surface area contributed by atoms with E-state index >= 15 is 0 Å². The van der Waals surface area contributed by atoms with Crippen LogP contribution < -0.4 is 5.32 Å². The van der Waals surface area contributed by atoms with Crippen LogP contribution in [0.2, 0.25) is 0 Å². The van der Waals surface area contributed by atoms with Crippen LogP contribution in [0.25, 0.3) is 0 Å². The Hall–Kier alpha value is 0.270. The molecule has 0 aliphatic carbocycles. The monoisotopic (exact) mass is 313 g/mol. The molecule has 0 saturated carbocycles. The Labute approximate surface area is 136 Å². The first kappa shape index (κ1) is 17.6. The summed E-state index contributed by atoms with van der Waals surface area (Å²) < 4.78 is 6.35. The first-order valence-electron chi connectivity index (χ1n) is 8.85. The van der Waals surface area contributed by atoms with Gasteiger partial charge in [-0.25, -0.2) is 0 Å². The zero-order valence-corrected chi connectivity index (χ0v) is 15.5. The average Bonchev–Trinajstić information content (AvgIpc) is 2.63. The second-order valence-corrected chi connectivity index (χ2v) is 9.35. The molecule has 2 nitrogen and oxygen atoms in total. The summed E-state index contributed by atoms with van der Waals surface area (Å²) in [5.41, 5.74) is 0.0288. The van der Waals surface area contributed by atoms with Crippen LogP contribution in [0, 0.1) is 11.8 Å². The summed E-state index contributed by atoms with van der Waals surface area (Å²) in [6, 6.07) is 0.620.